The number of fused-ring (bicyclic) bond motifs is 1. The first-order valence-electron chi connectivity index (χ1n) is 10.8. The lowest BCUT2D eigenvalue weighted by atomic mass is 9.75. The topological polar surface area (TPSA) is 123 Å². The highest BCUT2D eigenvalue weighted by molar-refractivity contribution is 6.08. The van der Waals surface area contributed by atoms with Gasteiger partial charge in [-0.2, -0.15) is 0 Å². The highest BCUT2D eigenvalue weighted by Crippen LogP contribution is 2.37. The molecule has 2 aliphatic heterocycles. The molecule has 1 saturated heterocycles. The Morgan fingerprint density at radius 1 is 1.22 bits per heavy atom. The molecule has 10 heteroatoms. The average molecular weight is 445 g/mol. The van der Waals surface area contributed by atoms with E-state index in [9.17, 15) is 19.2 Å². The van der Waals surface area contributed by atoms with Crippen molar-refractivity contribution in [2.75, 3.05) is 19.9 Å². The minimum absolute atomic E-state index is 0.166. The van der Waals surface area contributed by atoms with Crippen LogP contribution in [0.2, 0.25) is 0 Å². The fraction of sp³-hybridized carbons (Fsp3) is 0.545. The van der Waals surface area contributed by atoms with Gasteiger partial charge in [0.15, 0.2) is 18.1 Å². The van der Waals surface area contributed by atoms with Crippen LogP contribution in [0.1, 0.15) is 44.6 Å². The van der Waals surface area contributed by atoms with E-state index in [1.54, 1.807) is 18.2 Å². The second kappa shape index (κ2) is 9.05. The van der Waals surface area contributed by atoms with Crippen LogP contribution in [0.4, 0.5) is 4.79 Å². The predicted octanol–water partition coefficient (Wildman–Crippen LogP) is 1.47. The highest BCUT2D eigenvalue weighted by Gasteiger charge is 2.52. The Labute approximate surface area is 185 Å². The van der Waals surface area contributed by atoms with Crippen LogP contribution >= 0.6 is 0 Å². The van der Waals surface area contributed by atoms with Gasteiger partial charge in [-0.15, -0.1) is 0 Å². The zero-order chi connectivity index (χ0) is 22.7. The molecule has 0 radical (unpaired) electrons. The number of amides is 4. The summed E-state index contributed by atoms with van der Waals surface area (Å²) in [5.74, 6) is 0.114. The first-order chi connectivity index (χ1) is 15.4. The van der Waals surface area contributed by atoms with Crippen LogP contribution < -0.4 is 20.1 Å². The summed E-state index contributed by atoms with van der Waals surface area (Å²) in [6.45, 7) is 1.49. The van der Waals surface area contributed by atoms with Crippen LogP contribution in [0.5, 0.6) is 11.5 Å². The molecule has 1 saturated carbocycles. The van der Waals surface area contributed by atoms with Gasteiger partial charge in [-0.3, -0.25) is 19.3 Å². The molecule has 3 aliphatic rings. The monoisotopic (exact) mass is 445 g/mol. The number of rotatable bonds is 7. The first-order valence-corrected chi connectivity index (χ1v) is 10.8. The van der Waals surface area contributed by atoms with Gasteiger partial charge >= 0.3 is 12.0 Å². The number of carbonyl (C=O) groups is 4. The van der Waals surface area contributed by atoms with Crippen molar-refractivity contribution in [1.82, 2.24) is 15.5 Å². The number of benzene rings is 1. The number of nitrogens with zero attached hydrogens (tertiary/aromatic N) is 1. The molecule has 2 heterocycles. The van der Waals surface area contributed by atoms with Crippen LogP contribution in [0.3, 0.4) is 0 Å². The van der Waals surface area contributed by atoms with Crippen LogP contribution in [-0.2, 0) is 25.7 Å². The molecule has 0 atom stereocenters. The lowest BCUT2D eigenvalue weighted by molar-refractivity contribution is -0.151. The second-order valence-corrected chi connectivity index (χ2v) is 8.38. The molecule has 4 rings (SSSR count). The molecule has 1 aromatic carbocycles. The molecule has 32 heavy (non-hydrogen) atoms. The molecule has 1 aromatic rings. The number of imide groups is 1. The first kappa shape index (κ1) is 21.9. The fourth-order valence-corrected chi connectivity index (χ4v) is 4.36. The van der Waals surface area contributed by atoms with Gasteiger partial charge < -0.3 is 24.8 Å². The number of hydrogen-bond acceptors (Lipinski definition) is 7. The molecule has 0 unspecified atom stereocenters. The number of carbonyl (C=O) groups excluding carboxylic acids is 4. The molecule has 2 fully saturated rings. The fourth-order valence-electron chi connectivity index (χ4n) is 4.36. The molecular weight excluding hydrogens is 418 g/mol. The standard InChI is InChI=1S/C22H27N3O7/c1-2-14-5-7-22(8-6-14)20(28)25(21(29)24-22)11-19(27)30-12-18(26)23-10-15-3-4-16-17(9-15)32-13-31-16/h3-4,9,14H,2,5-8,10-13H2,1H3,(H,23,26)(H,24,29). The van der Waals surface area contributed by atoms with Gasteiger partial charge in [0.2, 0.25) is 6.79 Å². The molecule has 0 bridgehead atoms. The summed E-state index contributed by atoms with van der Waals surface area (Å²) < 4.78 is 15.5. The SMILES string of the molecule is CCC1CCC2(CC1)NC(=O)N(CC(=O)OCC(=O)NCc1ccc3c(c1)OCO3)C2=O. The summed E-state index contributed by atoms with van der Waals surface area (Å²) >= 11 is 0. The van der Waals surface area contributed by atoms with E-state index < -0.39 is 36.6 Å². The maximum absolute atomic E-state index is 12.8. The predicted molar refractivity (Wildman–Crippen MR) is 111 cm³/mol. The Kier molecular flexibility index (Phi) is 6.20. The molecule has 2 N–H and O–H groups in total. The maximum Gasteiger partial charge on any atom is 0.326 e. The van der Waals surface area contributed by atoms with Crippen molar-refractivity contribution in [2.24, 2.45) is 5.92 Å². The van der Waals surface area contributed by atoms with Crippen molar-refractivity contribution in [3.63, 3.8) is 0 Å². The van der Waals surface area contributed by atoms with E-state index in [2.05, 4.69) is 17.6 Å². The van der Waals surface area contributed by atoms with E-state index in [-0.39, 0.29) is 19.2 Å². The zero-order valence-electron chi connectivity index (χ0n) is 18.0. The van der Waals surface area contributed by atoms with E-state index in [1.165, 1.54) is 0 Å². The summed E-state index contributed by atoms with van der Waals surface area (Å²) in [5.41, 5.74) is -0.110. The molecule has 10 nitrogen and oxygen atoms in total. The third kappa shape index (κ3) is 4.49. The quantitative estimate of drug-likeness (QED) is 0.481. The van der Waals surface area contributed by atoms with Gasteiger partial charge in [-0.05, 0) is 49.3 Å². The van der Waals surface area contributed by atoms with E-state index in [0.29, 0.717) is 30.3 Å². The number of urea groups is 1. The Bertz CT molecular complexity index is 924. The molecule has 172 valence electrons. The Hall–Kier alpha value is -3.30. The number of hydrogen-bond donors (Lipinski definition) is 2. The molecule has 1 aliphatic carbocycles. The van der Waals surface area contributed by atoms with Gasteiger partial charge in [-0.1, -0.05) is 19.4 Å². The van der Waals surface area contributed by atoms with Crippen LogP contribution in [0.15, 0.2) is 18.2 Å². The molecule has 1 spiro atoms. The normalized spacial score (nSPS) is 23.9. The third-order valence-electron chi connectivity index (χ3n) is 6.36. The molecule has 4 amide bonds. The second-order valence-electron chi connectivity index (χ2n) is 8.38. The summed E-state index contributed by atoms with van der Waals surface area (Å²) in [7, 11) is 0. The lowest BCUT2D eigenvalue weighted by Gasteiger charge is -2.34. The minimum Gasteiger partial charge on any atom is -0.454 e. The van der Waals surface area contributed by atoms with E-state index in [4.69, 9.17) is 14.2 Å². The Morgan fingerprint density at radius 3 is 2.72 bits per heavy atom. The summed E-state index contributed by atoms with van der Waals surface area (Å²) in [6.07, 6.45) is 3.92. The van der Waals surface area contributed by atoms with Gasteiger partial charge in [0.05, 0.1) is 0 Å². The van der Waals surface area contributed by atoms with Crippen LogP contribution in [-0.4, -0.2) is 54.2 Å². The lowest BCUT2D eigenvalue weighted by Crippen LogP contribution is -2.49. The molecular formula is C22H27N3O7. The smallest absolute Gasteiger partial charge is 0.326 e. The van der Waals surface area contributed by atoms with E-state index in [0.717, 1.165) is 29.7 Å². The third-order valence-corrected chi connectivity index (χ3v) is 6.36. The van der Waals surface area contributed by atoms with E-state index in [1.807, 2.05) is 0 Å². The maximum atomic E-state index is 12.8. The highest BCUT2D eigenvalue weighted by atomic mass is 16.7. The van der Waals surface area contributed by atoms with Gasteiger partial charge in [0.1, 0.15) is 12.1 Å². The van der Waals surface area contributed by atoms with Crippen molar-refractivity contribution in [3.05, 3.63) is 23.8 Å². The van der Waals surface area contributed by atoms with Crippen molar-refractivity contribution in [1.29, 1.82) is 0 Å². The minimum atomic E-state index is -0.912. The van der Waals surface area contributed by atoms with Crippen molar-refractivity contribution < 1.29 is 33.4 Å². The number of ether oxygens (including phenoxy) is 3. The molecule has 0 aromatic heterocycles. The number of esters is 1. The summed E-state index contributed by atoms with van der Waals surface area (Å²) in [5, 5.41) is 5.41. The van der Waals surface area contributed by atoms with Gasteiger partial charge in [0, 0.05) is 6.54 Å². The van der Waals surface area contributed by atoms with Crippen molar-refractivity contribution in [3.8, 4) is 11.5 Å². The van der Waals surface area contributed by atoms with Gasteiger partial charge in [-0.25, -0.2) is 4.79 Å². The largest absolute Gasteiger partial charge is 0.454 e. The number of nitrogens with one attached hydrogen (secondary N) is 2. The summed E-state index contributed by atoms with van der Waals surface area (Å²) in [6, 6.07) is 4.72. The Morgan fingerprint density at radius 2 is 1.97 bits per heavy atom. The van der Waals surface area contributed by atoms with Crippen LogP contribution in [0.25, 0.3) is 0 Å². The summed E-state index contributed by atoms with van der Waals surface area (Å²) in [4.78, 5) is 50.2. The van der Waals surface area contributed by atoms with Crippen molar-refractivity contribution >= 4 is 23.8 Å². The Balaban J connectivity index is 1.22. The van der Waals surface area contributed by atoms with Crippen molar-refractivity contribution in [2.45, 2.75) is 51.1 Å². The van der Waals surface area contributed by atoms with E-state index >= 15 is 0 Å². The zero-order valence-corrected chi connectivity index (χ0v) is 18.0. The van der Waals surface area contributed by atoms with Gasteiger partial charge in [0.25, 0.3) is 11.8 Å². The van der Waals surface area contributed by atoms with Crippen LogP contribution in [0, 0.1) is 5.92 Å². The average Bonchev–Trinajstić information content (AvgIpc) is 3.35.